The molecule has 0 saturated carbocycles. The van der Waals surface area contributed by atoms with Crippen molar-refractivity contribution in [3.05, 3.63) is 46.5 Å². The van der Waals surface area contributed by atoms with Crippen LogP contribution >= 0.6 is 11.6 Å². The molecule has 0 aliphatic rings. The molecular weight excluding hydrogens is 338 g/mol. The van der Waals surface area contributed by atoms with Crippen LogP contribution in [0.3, 0.4) is 0 Å². The Balaban J connectivity index is 2.53. The van der Waals surface area contributed by atoms with E-state index in [0.29, 0.717) is 5.69 Å². The first kappa shape index (κ1) is 17.4. The van der Waals surface area contributed by atoms with E-state index in [9.17, 15) is 8.42 Å². The summed E-state index contributed by atoms with van der Waals surface area (Å²) in [5.74, 6) is 0.405. The number of aryl methyl sites for hydroxylation is 1. The maximum atomic E-state index is 12.7. The molecule has 1 N–H and O–H groups in total. The standard InChI is InChI=1S/C16H18ClNO4S/c1-10-6-5-7-13(11(10)2)18-23(19,20)16-9-14(21-3)12(17)8-15(16)22-4/h5-9,18H,1-4H3. The lowest BCUT2D eigenvalue weighted by Gasteiger charge is -2.15. The Morgan fingerprint density at radius 1 is 1.04 bits per heavy atom. The minimum Gasteiger partial charge on any atom is -0.495 e. The molecule has 0 spiro atoms. The van der Waals surface area contributed by atoms with E-state index in [4.69, 9.17) is 21.1 Å². The number of methoxy groups -OCH3 is 2. The predicted octanol–water partition coefficient (Wildman–Crippen LogP) is 3.77. The van der Waals surface area contributed by atoms with Gasteiger partial charge in [0, 0.05) is 12.1 Å². The lowest BCUT2D eigenvalue weighted by Crippen LogP contribution is -2.15. The molecule has 0 aliphatic carbocycles. The van der Waals surface area contributed by atoms with Crippen LogP contribution in [-0.2, 0) is 10.0 Å². The summed E-state index contributed by atoms with van der Waals surface area (Å²) < 4.78 is 38.3. The third kappa shape index (κ3) is 3.54. The maximum absolute atomic E-state index is 12.7. The van der Waals surface area contributed by atoms with E-state index < -0.39 is 10.0 Å². The monoisotopic (exact) mass is 355 g/mol. The van der Waals surface area contributed by atoms with Gasteiger partial charge in [-0.05, 0) is 31.0 Å². The SMILES string of the molecule is COc1cc(S(=O)(=O)Nc2cccc(C)c2C)c(OC)cc1Cl. The van der Waals surface area contributed by atoms with Crippen molar-refractivity contribution in [2.24, 2.45) is 0 Å². The number of sulfonamides is 1. The molecule has 0 unspecified atom stereocenters. The summed E-state index contributed by atoms with van der Waals surface area (Å²) in [5, 5.41) is 0.273. The van der Waals surface area contributed by atoms with Crippen LogP contribution in [0.25, 0.3) is 0 Å². The molecule has 0 amide bonds. The summed E-state index contributed by atoms with van der Waals surface area (Å²) >= 11 is 6.02. The number of halogens is 1. The molecule has 0 aliphatic heterocycles. The van der Waals surface area contributed by atoms with Crippen molar-refractivity contribution in [2.75, 3.05) is 18.9 Å². The first-order valence-electron chi connectivity index (χ1n) is 6.80. The van der Waals surface area contributed by atoms with Crippen LogP contribution in [0.1, 0.15) is 11.1 Å². The molecule has 124 valence electrons. The Morgan fingerprint density at radius 3 is 2.30 bits per heavy atom. The number of ether oxygens (including phenoxy) is 2. The fourth-order valence-corrected chi connectivity index (χ4v) is 3.62. The van der Waals surface area contributed by atoms with Gasteiger partial charge in [-0.15, -0.1) is 0 Å². The van der Waals surface area contributed by atoms with Crippen LogP contribution in [0.15, 0.2) is 35.2 Å². The van der Waals surface area contributed by atoms with Crippen molar-refractivity contribution in [1.29, 1.82) is 0 Å². The molecule has 0 bridgehead atoms. The first-order valence-corrected chi connectivity index (χ1v) is 8.67. The Bertz CT molecular complexity index is 834. The fourth-order valence-electron chi connectivity index (χ4n) is 2.10. The van der Waals surface area contributed by atoms with Gasteiger partial charge in [-0.3, -0.25) is 4.72 Å². The Morgan fingerprint density at radius 2 is 1.70 bits per heavy atom. The molecular formula is C16H18ClNO4S. The molecule has 2 aromatic rings. The number of hydrogen-bond acceptors (Lipinski definition) is 4. The Hall–Kier alpha value is -1.92. The van der Waals surface area contributed by atoms with E-state index in [1.807, 2.05) is 19.9 Å². The van der Waals surface area contributed by atoms with Crippen LogP contribution in [0.5, 0.6) is 11.5 Å². The van der Waals surface area contributed by atoms with Gasteiger partial charge >= 0.3 is 0 Å². The van der Waals surface area contributed by atoms with Crippen LogP contribution in [-0.4, -0.2) is 22.6 Å². The van der Waals surface area contributed by atoms with Gasteiger partial charge in [-0.25, -0.2) is 8.42 Å². The minimum absolute atomic E-state index is 0.0397. The summed E-state index contributed by atoms with van der Waals surface area (Å²) in [6, 6.07) is 8.17. The van der Waals surface area contributed by atoms with Crippen LogP contribution in [0.2, 0.25) is 5.02 Å². The maximum Gasteiger partial charge on any atom is 0.265 e. The molecule has 2 aromatic carbocycles. The van der Waals surface area contributed by atoms with Crippen molar-refractivity contribution >= 4 is 27.3 Å². The zero-order valence-electron chi connectivity index (χ0n) is 13.3. The summed E-state index contributed by atoms with van der Waals surface area (Å²) in [6.07, 6.45) is 0. The van der Waals surface area contributed by atoms with Gasteiger partial charge in [0.05, 0.1) is 24.9 Å². The predicted molar refractivity (Wildman–Crippen MR) is 91.3 cm³/mol. The average molecular weight is 356 g/mol. The highest BCUT2D eigenvalue weighted by Gasteiger charge is 2.23. The summed E-state index contributed by atoms with van der Waals surface area (Å²) in [5.41, 5.74) is 2.36. The fraction of sp³-hybridized carbons (Fsp3) is 0.250. The highest BCUT2D eigenvalue weighted by molar-refractivity contribution is 7.92. The van der Waals surface area contributed by atoms with Gasteiger partial charge < -0.3 is 9.47 Å². The number of hydrogen-bond donors (Lipinski definition) is 1. The van der Waals surface area contributed by atoms with E-state index in [0.717, 1.165) is 11.1 Å². The normalized spacial score (nSPS) is 11.2. The van der Waals surface area contributed by atoms with Crippen molar-refractivity contribution in [2.45, 2.75) is 18.7 Å². The van der Waals surface area contributed by atoms with Crippen LogP contribution < -0.4 is 14.2 Å². The van der Waals surface area contributed by atoms with Gasteiger partial charge in [0.25, 0.3) is 10.0 Å². The Labute approximate surface area is 141 Å². The lowest BCUT2D eigenvalue weighted by atomic mass is 10.1. The van der Waals surface area contributed by atoms with Crippen LogP contribution in [0.4, 0.5) is 5.69 Å². The quantitative estimate of drug-likeness (QED) is 0.886. The van der Waals surface area contributed by atoms with Gasteiger partial charge in [0.1, 0.15) is 16.4 Å². The molecule has 5 nitrogen and oxygen atoms in total. The van der Waals surface area contributed by atoms with E-state index >= 15 is 0 Å². The third-order valence-corrected chi connectivity index (χ3v) is 5.26. The average Bonchev–Trinajstić information content (AvgIpc) is 2.51. The van der Waals surface area contributed by atoms with E-state index in [2.05, 4.69) is 4.72 Å². The van der Waals surface area contributed by atoms with Gasteiger partial charge in [-0.2, -0.15) is 0 Å². The zero-order chi connectivity index (χ0) is 17.2. The van der Waals surface area contributed by atoms with Crippen LogP contribution in [0, 0.1) is 13.8 Å². The Kier molecular flexibility index (Phi) is 5.06. The number of anilines is 1. The van der Waals surface area contributed by atoms with Crippen molar-refractivity contribution < 1.29 is 17.9 Å². The number of benzene rings is 2. The molecule has 0 heterocycles. The number of nitrogens with one attached hydrogen (secondary N) is 1. The molecule has 0 saturated heterocycles. The second kappa shape index (κ2) is 6.68. The molecule has 23 heavy (non-hydrogen) atoms. The van der Waals surface area contributed by atoms with Gasteiger partial charge in [0.15, 0.2) is 0 Å². The van der Waals surface area contributed by atoms with Crippen molar-refractivity contribution in [3.8, 4) is 11.5 Å². The first-order chi connectivity index (χ1) is 10.8. The van der Waals surface area contributed by atoms with Crippen molar-refractivity contribution in [3.63, 3.8) is 0 Å². The topological polar surface area (TPSA) is 64.6 Å². The summed E-state index contributed by atoms with van der Waals surface area (Å²) in [7, 11) is -1.06. The lowest BCUT2D eigenvalue weighted by molar-refractivity contribution is 0.392. The molecule has 0 atom stereocenters. The molecule has 0 fully saturated rings. The molecule has 0 aromatic heterocycles. The highest BCUT2D eigenvalue weighted by Crippen LogP contribution is 2.36. The minimum atomic E-state index is -3.86. The highest BCUT2D eigenvalue weighted by atomic mass is 35.5. The van der Waals surface area contributed by atoms with Gasteiger partial charge in [-0.1, -0.05) is 23.7 Å². The van der Waals surface area contributed by atoms with E-state index in [1.165, 1.54) is 26.4 Å². The molecule has 2 rings (SSSR count). The molecule has 7 heteroatoms. The number of rotatable bonds is 5. The second-order valence-corrected chi connectivity index (χ2v) is 7.05. The largest absolute Gasteiger partial charge is 0.495 e. The van der Waals surface area contributed by atoms with Crippen molar-refractivity contribution in [1.82, 2.24) is 0 Å². The smallest absolute Gasteiger partial charge is 0.265 e. The van der Waals surface area contributed by atoms with E-state index in [-0.39, 0.29) is 21.4 Å². The zero-order valence-corrected chi connectivity index (χ0v) is 14.9. The summed E-state index contributed by atoms with van der Waals surface area (Å²) in [4.78, 5) is -0.0397. The van der Waals surface area contributed by atoms with E-state index in [1.54, 1.807) is 12.1 Å². The van der Waals surface area contributed by atoms with Gasteiger partial charge in [0.2, 0.25) is 0 Å². The molecule has 0 radical (unpaired) electrons. The summed E-state index contributed by atoms with van der Waals surface area (Å²) in [6.45, 7) is 3.77. The second-order valence-electron chi connectivity index (χ2n) is 4.99. The third-order valence-electron chi connectivity index (χ3n) is 3.58.